The molecule has 2 N–H and O–H groups in total. The molecular weight excluding hydrogens is 216 g/mol. The van der Waals surface area contributed by atoms with Crippen molar-refractivity contribution in [3.63, 3.8) is 0 Å². The van der Waals surface area contributed by atoms with Crippen molar-refractivity contribution in [1.82, 2.24) is 14.9 Å². The Bertz CT molecular complexity index is 366. The van der Waals surface area contributed by atoms with Crippen molar-refractivity contribution >= 4 is 5.91 Å². The average Bonchev–Trinajstić information content (AvgIpc) is 2.36. The number of aromatic nitrogens is 2. The van der Waals surface area contributed by atoms with Crippen LogP contribution in [0.3, 0.4) is 0 Å². The van der Waals surface area contributed by atoms with Crippen LogP contribution in [0.5, 0.6) is 0 Å². The predicted molar refractivity (Wildman–Crippen MR) is 66.0 cm³/mol. The standard InChI is InChI=1S/C12H20N4O/c1-8(2)11(13)12(17)16(4)9(3)10-7-14-5-6-15-10/h5-9,11H,13H2,1-4H3. The van der Waals surface area contributed by atoms with Crippen molar-refractivity contribution in [3.05, 3.63) is 24.3 Å². The third-order valence-electron chi connectivity index (χ3n) is 2.94. The van der Waals surface area contributed by atoms with Crippen molar-refractivity contribution < 1.29 is 4.79 Å². The van der Waals surface area contributed by atoms with Gasteiger partial charge in [-0.1, -0.05) is 13.8 Å². The van der Waals surface area contributed by atoms with Gasteiger partial charge in [-0.2, -0.15) is 0 Å². The summed E-state index contributed by atoms with van der Waals surface area (Å²) >= 11 is 0. The van der Waals surface area contributed by atoms with Crippen LogP contribution in [0.4, 0.5) is 0 Å². The first-order valence-corrected chi connectivity index (χ1v) is 5.73. The molecule has 0 aliphatic heterocycles. The molecule has 0 saturated heterocycles. The van der Waals surface area contributed by atoms with Crippen LogP contribution in [0.15, 0.2) is 18.6 Å². The topological polar surface area (TPSA) is 72.1 Å². The number of hydrogen-bond donors (Lipinski definition) is 1. The van der Waals surface area contributed by atoms with Gasteiger partial charge in [-0.25, -0.2) is 0 Å². The number of amides is 1. The monoisotopic (exact) mass is 236 g/mol. The summed E-state index contributed by atoms with van der Waals surface area (Å²) in [5.74, 6) is 0.0529. The lowest BCUT2D eigenvalue weighted by Crippen LogP contribution is -2.45. The number of rotatable bonds is 4. The summed E-state index contributed by atoms with van der Waals surface area (Å²) in [6.07, 6.45) is 4.89. The second-order valence-corrected chi connectivity index (χ2v) is 4.53. The highest BCUT2D eigenvalue weighted by atomic mass is 16.2. The van der Waals surface area contributed by atoms with E-state index in [1.54, 1.807) is 30.5 Å². The smallest absolute Gasteiger partial charge is 0.240 e. The van der Waals surface area contributed by atoms with E-state index in [-0.39, 0.29) is 17.9 Å². The molecule has 5 heteroatoms. The van der Waals surface area contributed by atoms with Crippen molar-refractivity contribution in [2.45, 2.75) is 32.9 Å². The van der Waals surface area contributed by atoms with E-state index in [1.165, 1.54) is 0 Å². The molecule has 2 unspecified atom stereocenters. The van der Waals surface area contributed by atoms with Gasteiger partial charge >= 0.3 is 0 Å². The minimum atomic E-state index is -0.473. The summed E-state index contributed by atoms with van der Waals surface area (Å²) in [4.78, 5) is 21.9. The van der Waals surface area contributed by atoms with Crippen LogP contribution in [-0.2, 0) is 4.79 Å². The first-order chi connectivity index (χ1) is 7.95. The molecule has 0 spiro atoms. The Labute approximate surface area is 102 Å². The molecule has 0 bridgehead atoms. The molecule has 1 heterocycles. The van der Waals surface area contributed by atoms with Gasteiger partial charge in [0.2, 0.25) is 5.91 Å². The van der Waals surface area contributed by atoms with Gasteiger partial charge in [0.15, 0.2) is 0 Å². The van der Waals surface area contributed by atoms with Crippen molar-refractivity contribution in [2.24, 2.45) is 11.7 Å². The molecule has 17 heavy (non-hydrogen) atoms. The average molecular weight is 236 g/mol. The fourth-order valence-corrected chi connectivity index (χ4v) is 1.44. The van der Waals surface area contributed by atoms with Crippen LogP contribution < -0.4 is 5.73 Å². The highest BCUT2D eigenvalue weighted by Gasteiger charge is 2.25. The van der Waals surface area contributed by atoms with Gasteiger partial charge < -0.3 is 10.6 Å². The molecule has 0 aliphatic rings. The van der Waals surface area contributed by atoms with E-state index < -0.39 is 6.04 Å². The molecule has 0 saturated carbocycles. The Morgan fingerprint density at radius 2 is 2.00 bits per heavy atom. The molecular formula is C12H20N4O. The zero-order valence-electron chi connectivity index (χ0n) is 10.8. The summed E-state index contributed by atoms with van der Waals surface area (Å²) in [6, 6.07) is -0.597. The maximum atomic E-state index is 12.1. The molecule has 1 aromatic heterocycles. The lowest BCUT2D eigenvalue weighted by Gasteiger charge is -2.28. The third kappa shape index (κ3) is 3.23. The fourth-order valence-electron chi connectivity index (χ4n) is 1.44. The highest BCUT2D eigenvalue weighted by Crippen LogP contribution is 2.17. The Morgan fingerprint density at radius 1 is 1.35 bits per heavy atom. The number of hydrogen-bond acceptors (Lipinski definition) is 4. The third-order valence-corrected chi connectivity index (χ3v) is 2.94. The van der Waals surface area contributed by atoms with E-state index >= 15 is 0 Å². The Kier molecular flexibility index (Phi) is 4.57. The number of likely N-dealkylation sites (N-methyl/N-ethyl adjacent to an activating group) is 1. The predicted octanol–water partition coefficient (Wildman–Crippen LogP) is 0.979. The summed E-state index contributed by atoms with van der Waals surface area (Å²) in [5.41, 5.74) is 6.61. The molecule has 0 aromatic carbocycles. The van der Waals surface area contributed by atoms with E-state index in [4.69, 9.17) is 5.73 Å². The van der Waals surface area contributed by atoms with Crippen LogP contribution in [0.25, 0.3) is 0 Å². The zero-order valence-corrected chi connectivity index (χ0v) is 10.8. The van der Waals surface area contributed by atoms with Gasteiger partial charge in [-0.05, 0) is 12.8 Å². The Morgan fingerprint density at radius 3 is 2.47 bits per heavy atom. The molecule has 1 rings (SSSR count). The highest BCUT2D eigenvalue weighted by molar-refractivity contribution is 5.82. The van der Waals surface area contributed by atoms with Gasteiger partial charge in [0, 0.05) is 19.4 Å². The molecule has 0 aliphatic carbocycles. The normalized spacial score (nSPS) is 14.5. The molecule has 1 amide bonds. The summed E-state index contributed by atoms with van der Waals surface area (Å²) in [6.45, 7) is 5.78. The lowest BCUT2D eigenvalue weighted by atomic mass is 10.0. The second-order valence-electron chi connectivity index (χ2n) is 4.53. The van der Waals surface area contributed by atoms with Gasteiger partial charge in [-0.15, -0.1) is 0 Å². The fraction of sp³-hybridized carbons (Fsp3) is 0.583. The van der Waals surface area contributed by atoms with Crippen LogP contribution in [-0.4, -0.2) is 33.9 Å². The minimum Gasteiger partial charge on any atom is -0.336 e. The molecule has 0 radical (unpaired) electrons. The van der Waals surface area contributed by atoms with E-state index in [0.717, 1.165) is 5.69 Å². The number of carbonyl (C=O) groups is 1. The van der Waals surface area contributed by atoms with Gasteiger partial charge in [-0.3, -0.25) is 14.8 Å². The van der Waals surface area contributed by atoms with E-state index in [9.17, 15) is 4.79 Å². The maximum absolute atomic E-state index is 12.1. The Balaban J connectivity index is 2.77. The Hall–Kier alpha value is -1.49. The quantitative estimate of drug-likeness (QED) is 0.845. The summed E-state index contributed by atoms with van der Waals surface area (Å²) in [7, 11) is 1.74. The largest absolute Gasteiger partial charge is 0.336 e. The van der Waals surface area contributed by atoms with Crippen LogP contribution in [0, 0.1) is 5.92 Å². The number of nitrogens with zero attached hydrogens (tertiary/aromatic N) is 3. The van der Waals surface area contributed by atoms with Crippen molar-refractivity contribution in [1.29, 1.82) is 0 Å². The number of nitrogens with two attached hydrogens (primary N) is 1. The molecule has 5 nitrogen and oxygen atoms in total. The van der Waals surface area contributed by atoms with E-state index in [2.05, 4.69) is 9.97 Å². The molecule has 94 valence electrons. The lowest BCUT2D eigenvalue weighted by molar-refractivity contribution is -0.134. The van der Waals surface area contributed by atoms with Gasteiger partial charge in [0.05, 0.1) is 24.0 Å². The first-order valence-electron chi connectivity index (χ1n) is 5.73. The van der Waals surface area contributed by atoms with Crippen molar-refractivity contribution in [3.8, 4) is 0 Å². The van der Waals surface area contributed by atoms with Crippen LogP contribution in [0.1, 0.15) is 32.5 Å². The molecule has 1 aromatic rings. The summed E-state index contributed by atoms with van der Waals surface area (Å²) < 4.78 is 0. The summed E-state index contributed by atoms with van der Waals surface area (Å²) in [5, 5.41) is 0. The minimum absolute atomic E-state index is 0.0712. The van der Waals surface area contributed by atoms with Gasteiger partial charge in [0.1, 0.15) is 0 Å². The van der Waals surface area contributed by atoms with E-state index in [1.807, 2.05) is 20.8 Å². The molecule has 0 fully saturated rings. The SMILES string of the molecule is CC(C)C(N)C(=O)N(C)C(C)c1cnccn1. The van der Waals surface area contributed by atoms with E-state index in [0.29, 0.717) is 0 Å². The van der Waals surface area contributed by atoms with Crippen molar-refractivity contribution in [2.75, 3.05) is 7.05 Å². The van der Waals surface area contributed by atoms with Crippen LogP contribution in [0.2, 0.25) is 0 Å². The molecule has 2 atom stereocenters. The second kappa shape index (κ2) is 5.72. The zero-order chi connectivity index (χ0) is 13.0. The number of carbonyl (C=O) groups excluding carboxylic acids is 1. The van der Waals surface area contributed by atoms with Crippen LogP contribution >= 0.6 is 0 Å². The maximum Gasteiger partial charge on any atom is 0.240 e. The first kappa shape index (κ1) is 13.6. The van der Waals surface area contributed by atoms with Gasteiger partial charge in [0.25, 0.3) is 0 Å².